The number of hydrogen-bond acceptors (Lipinski definition) is 8. The second-order valence-electron chi connectivity index (χ2n) is 10.8. The number of piperidine rings is 1. The zero-order valence-electron chi connectivity index (χ0n) is 23.3. The van der Waals surface area contributed by atoms with Gasteiger partial charge in [0.2, 0.25) is 17.7 Å². The molecule has 2 N–H and O–H groups in total. The van der Waals surface area contributed by atoms with E-state index in [2.05, 4.69) is 30.5 Å². The lowest BCUT2D eigenvalue weighted by atomic mass is 10.00. The molecule has 13 heteroatoms. The van der Waals surface area contributed by atoms with Crippen molar-refractivity contribution in [3.05, 3.63) is 54.4 Å². The summed E-state index contributed by atoms with van der Waals surface area (Å²) < 4.78 is 48.0. The van der Waals surface area contributed by atoms with Crippen molar-refractivity contribution in [2.24, 2.45) is 5.92 Å². The van der Waals surface area contributed by atoms with Crippen molar-refractivity contribution < 1.29 is 27.5 Å². The highest BCUT2D eigenvalue weighted by atomic mass is 32.1. The number of carbonyl (C=O) groups is 2. The fourth-order valence-corrected chi connectivity index (χ4v) is 6.20. The third kappa shape index (κ3) is 6.78. The molecule has 2 fully saturated rings. The maximum Gasteiger partial charge on any atom is 0.416 e. The fraction of sp³-hybridized carbons (Fsp3) is 0.367. The number of rotatable bonds is 8. The maximum atomic E-state index is 13.7. The lowest BCUT2D eigenvalue weighted by Gasteiger charge is -2.34. The number of thiazole rings is 1. The van der Waals surface area contributed by atoms with Crippen LogP contribution in [0.5, 0.6) is 11.6 Å². The molecule has 2 amide bonds. The molecular weight excluding hydrogens is 581 g/mol. The molecule has 1 aliphatic carbocycles. The van der Waals surface area contributed by atoms with Gasteiger partial charge in [0, 0.05) is 25.1 Å². The van der Waals surface area contributed by atoms with Crippen LogP contribution in [-0.2, 0) is 15.8 Å². The first-order valence-corrected chi connectivity index (χ1v) is 14.9. The van der Waals surface area contributed by atoms with Crippen molar-refractivity contribution in [1.29, 1.82) is 0 Å². The molecular formula is C30H29F3N6O3S. The van der Waals surface area contributed by atoms with Crippen molar-refractivity contribution in [2.75, 3.05) is 23.7 Å². The molecule has 0 unspecified atom stereocenters. The molecule has 1 aliphatic heterocycles. The van der Waals surface area contributed by atoms with Gasteiger partial charge in [0.15, 0.2) is 10.9 Å². The van der Waals surface area contributed by atoms with Gasteiger partial charge in [0.25, 0.3) is 0 Å². The minimum Gasteiger partial charge on any atom is -0.437 e. The van der Waals surface area contributed by atoms with Gasteiger partial charge in [-0.2, -0.15) is 13.2 Å². The molecule has 9 nitrogen and oxygen atoms in total. The Morgan fingerprint density at radius 1 is 1.07 bits per heavy atom. The van der Waals surface area contributed by atoms with Crippen LogP contribution in [0.1, 0.15) is 44.6 Å². The molecule has 2 aromatic carbocycles. The Bertz CT molecular complexity index is 1670. The third-order valence-electron chi connectivity index (χ3n) is 7.51. The van der Waals surface area contributed by atoms with E-state index in [9.17, 15) is 22.8 Å². The molecule has 0 bridgehead atoms. The lowest BCUT2D eigenvalue weighted by molar-refractivity contribution is -0.137. The number of hydrogen-bond donors (Lipinski definition) is 2. The Hall–Kier alpha value is -4.10. The van der Waals surface area contributed by atoms with Gasteiger partial charge in [-0.15, -0.1) is 0 Å². The number of anilines is 2. The van der Waals surface area contributed by atoms with E-state index in [1.807, 2.05) is 6.07 Å². The van der Waals surface area contributed by atoms with E-state index in [0.29, 0.717) is 34.3 Å². The van der Waals surface area contributed by atoms with Crippen molar-refractivity contribution >= 4 is 44.2 Å². The van der Waals surface area contributed by atoms with Gasteiger partial charge in [-0.05, 0) is 62.4 Å². The SMILES string of the molecule is CC(=O)Nc1nc2c(Oc3cc(-c4ccc(C(F)(F)F)cc4NC(=O)[C@H]4CCCCN4CC4CC4)ncn3)cccc2s1. The van der Waals surface area contributed by atoms with Crippen molar-refractivity contribution in [1.82, 2.24) is 19.9 Å². The predicted octanol–water partition coefficient (Wildman–Crippen LogP) is 6.73. The highest BCUT2D eigenvalue weighted by Gasteiger charge is 2.35. The zero-order chi connectivity index (χ0) is 30.1. The van der Waals surface area contributed by atoms with E-state index in [4.69, 9.17) is 4.74 Å². The Morgan fingerprint density at radius 2 is 1.91 bits per heavy atom. The van der Waals surface area contributed by atoms with E-state index in [-0.39, 0.29) is 29.1 Å². The summed E-state index contributed by atoms with van der Waals surface area (Å²) in [6, 6.07) is 9.62. The number of fused-ring (bicyclic) bond motifs is 1. The Morgan fingerprint density at radius 3 is 2.67 bits per heavy atom. The van der Waals surface area contributed by atoms with Crippen LogP contribution in [0.3, 0.4) is 0 Å². The summed E-state index contributed by atoms with van der Waals surface area (Å²) in [6.07, 6.45) is 1.49. The number of nitrogens with zero attached hydrogens (tertiary/aromatic N) is 4. The molecule has 4 aromatic rings. The summed E-state index contributed by atoms with van der Waals surface area (Å²) in [6.45, 7) is 3.02. The molecule has 224 valence electrons. The van der Waals surface area contributed by atoms with Crippen LogP contribution in [0.2, 0.25) is 0 Å². The van der Waals surface area contributed by atoms with E-state index in [1.54, 1.807) is 12.1 Å². The van der Waals surface area contributed by atoms with Crippen LogP contribution in [0.4, 0.5) is 24.0 Å². The number of likely N-dealkylation sites (tertiary alicyclic amines) is 1. The summed E-state index contributed by atoms with van der Waals surface area (Å²) in [5.41, 5.74) is 0.237. The molecule has 2 aromatic heterocycles. The smallest absolute Gasteiger partial charge is 0.416 e. The van der Waals surface area contributed by atoms with Crippen molar-refractivity contribution in [3.8, 4) is 22.9 Å². The topological polar surface area (TPSA) is 109 Å². The Kier molecular flexibility index (Phi) is 8.01. The standard InChI is InChI=1S/C30H29F3N6O3S/c1-17(40)36-29-38-27-24(6-4-7-25(27)43-29)42-26-14-21(34-16-35-26)20-11-10-19(30(31,32)33)13-22(20)37-28(41)23-5-2-3-12-39(23)15-18-8-9-18/h4,6-7,10-11,13-14,16,18,23H,2-3,5,8-9,12,15H2,1H3,(H,37,41)(H,36,38,40)/t23-/m1/s1. The fourth-order valence-electron chi connectivity index (χ4n) is 5.27. The van der Waals surface area contributed by atoms with Gasteiger partial charge in [0.05, 0.1) is 27.7 Å². The molecule has 6 rings (SSSR count). The number of alkyl halides is 3. The van der Waals surface area contributed by atoms with Crippen LogP contribution >= 0.6 is 11.3 Å². The van der Waals surface area contributed by atoms with E-state index in [0.717, 1.165) is 55.6 Å². The van der Waals surface area contributed by atoms with Gasteiger partial charge < -0.3 is 15.4 Å². The quantitative estimate of drug-likeness (QED) is 0.228. The average molecular weight is 611 g/mol. The Labute approximate surface area is 249 Å². The summed E-state index contributed by atoms with van der Waals surface area (Å²) in [5, 5.41) is 5.88. The molecule has 3 heterocycles. The second-order valence-corrected chi connectivity index (χ2v) is 11.9. The summed E-state index contributed by atoms with van der Waals surface area (Å²) in [5.74, 6) is 0.525. The normalized spacial score (nSPS) is 17.5. The third-order valence-corrected chi connectivity index (χ3v) is 8.44. The summed E-state index contributed by atoms with van der Waals surface area (Å²) >= 11 is 1.29. The van der Waals surface area contributed by atoms with E-state index >= 15 is 0 Å². The van der Waals surface area contributed by atoms with Crippen LogP contribution in [-0.4, -0.2) is 50.8 Å². The molecule has 2 aliphatic rings. The van der Waals surface area contributed by atoms with Gasteiger partial charge in [-0.1, -0.05) is 29.9 Å². The number of carbonyl (C=O) groups excluding carboxylic acids is 2. The summed E-state index contributed by atoms with van der Waals surface area (Å²) in [4.78, 5) is 40.1. The number of ether oxygens (including phenoxy) is 1. The minimum absolute atomic E-state index is 0.0166. The number of para-hydroxylation sites is 1. The minimum atomic E-state index is -4.59. The van der Waals surface area contributed by atoms with E-state index in [1.165, 1.54) is 36.7 Å². The van der Waals surface area contributed by atoms with Crippen molar-refractivity contribution in [3.63, 3.8) is 0 Å². The largest absolute Gasteiger partial charge is 0.437 e. The van der Waals surface area contributed by atoms with Gasteiger partial charge in [0.1, 0.15) is 11.8 Å². The molecule has 43 heavy (non-hydrogen) atoms. The highest BCUT2D eigenvalue weighted by molar-refractivity contribution is 7.22. The number of nitrogens with one attached hydrogen (secondary N) is 2. The van der Waals surface area contributed by atoms with Crippen LogP contribution < -0.4 is 15.4 Å². The molecule has 0 spiro atoms. The molecule has 1 saturated heterocycles. The molecule has 0 radical (unpaired) electrons. The van der Waals surface area contributed by atoms with Gasteiger partial charge in [-0.3, -0.25) is 14.5 Å². The first-order chi connectivity index (χ1) is 20.6. The predicted molar refractivity (Wildman–Crippen MR) is 157 cm³/mol. The lowest BCUT2D eigenvalue weighted by Crippen LogP contribution is -2.47. The van der Waals surface area contributed by atoms with Crippen LogP contribution in [0, 0.1) is 5.92 Å². The van der Waals surface area contributed by atoms with Gasteiger partial charge in [-0.25, -0.2) is 15.0 Å². The average Bonchev–Trinajstić information content (AvgIpc) is 3.69. The second kappa shape index (κ2) is 11.9. The van der Waals surface area contributed by atoms with Crippen LogP contribution in [0.25, 0.3) is 21.5 Å². The molecule has 1 atom stereocenters. The van der Waals surface area contributed by atoms with Gasteiger partial charge >= 0.3 is 6.18 Å². The van der Waals surface area contributed by atoms with Crippen molar-refractivity contribution in [2.45, 2.75) is 51.2 Å². The maximum absolute atomic E-state index is 13.7. The zero-order valence-corrected chi connectivity index (χ0v) is 24.1. The molecule has 1 saturated carbocycles. The first kappa shape index (κ1) is 29.0. The number of aromatic nitrogens is 3. The number of benzene rings is 2. The first-order valence-electron chi connectivity index (χ1n) is 14.1. The Balaban J connectivity index is 1.30. The number of halogens is 3. The monoisotopic (exact) mass is 610 g/mol. The summed E-state index contributed by atoms with van der Waals surface area (Å²) in [7, 11) is 0. The van der Waals surface area contributed by atoms with E-state index < -0.39 is 17.8 Å². The number of amides is 2. The van der Waals surface area contributed by atoms with Crippen LogP contribution in [0.15, 0.2) is 48.8 Å². The highest BCUT2D eigenvalue weighted by Crippen LogP contribution is 2.38.